The Bertz CT molecular complexity index is 1110. The maximum atomic E-state index is 15.4. The molecule has 0 unspecified atom stereocenters. The summed E-state index contributed by atoms with van der Waals surface area (Å²) < 4.78 is 54.7. The summed E-state index contributed by atoms with van der Waals surface area (Å²) in [5.74, 6) is 0.290. The highest BCUT2D eigenvalue weighted by Crippen LogP contribution is 2.42. The van der Waals surface area contributed by atoms with Crippen LogP contribution in [0.15, 0.2) is 42.5 Å². The van der Waals surface area contributed by atoms with Crippen molar-refractivity contribution in [2.45, 2.75) is 24.7 Å². The normalized spacial score (nSPS) is 16.9. The molecule has 2 heterocycles. The highest BCUT2D eigenvalue weighted by molar-refractivity contribution is 6.31. The summed E-state index contributed by atoms with van der Waals surface area (Å²) in [5, 5.41) is 10.8. The third-order valence-corrected chi connectivity index (χ3v) is 5.54. The van der Waals surface area contributed by atoms with Crippen molar-refractivity contribution in [3.63, 3.8) is 0 Å². The van der Waals surface area contributed by atoms with Crippen LogP contribution in [0.5, 0.6) is 0 Å². The standard InChI is InChI=1S/C20H17ClF4N4O2/c21-15-6-5-12(11-14(15)20(23,24)25)19(22)7-9-29(10-8-19)31-18(30)26-17-13-3-1-2-4-16(13)27-28-17/h1-6,11H,7-10H2,(H2,26,27,28,30). The Morgan fingerprint density at radius 1 is 1.19 bits per heavy atom. The van der Waals surface area contributed by atoms with Crippen molar-refractivity contribution in [3.8, 4) is 0 Å². The lowest BCUT2D eigenvalue weighted by Gasteiger charge is -2.35. The van der Waals surface area contributed by atoms with Crippen molar-refractivity contribution < 1.29 is 27.2 Å². The van der Waals surface area contributed by atoms with Crippen molar-refractivity contribution in [3.05, 3.63) is 58.6 Å². The molecule has 1 aliphatic heterocycles. The molecular formula is C20H17ClF4N4O2. The fourth-order valence-corrected chi connectivity index (χ4v) is 3.76. The first kappa shape index (κ1) is 21.4. The van der Waals surface area contributed by atoms with Crippen LogP contribution in [0.3, 0.4) is 0 Å². The number of piperidine rings is 1. The summed E-state index contributed by atoms with van der Waals surface area (Å²) in [5.41, 5.74) is -2.43. The van der Waals surface area contributed by atoms with Crippen LogP contribution in [0.25, 0.3) is 10.9 Å². The highest BCUT2D eigenvalue weighted by Gasteiger charge is 2.40. The number of hydrogen-bond donors (Lipinski definition) is 2. The number of hydroxylamine groups is 2. The third-order valence-electron chi connectivity index (χ3n) is 5.21. The Hall–Kier alpha value is -2.85. The Balaban J connectivity index is 1.39. The van der Waals surface area contributed by atoms with Gasteiger partial charge in [-0.05, 0) is 29.8 Å². The van der Waals surface area contributed by atoms with Crippen LogP contribution in [0.1, 0.15) is 24.0 Å². The molecule has 0 radical (unpaired) electrons. The topological polar surface area (TPSA) is 70.2 Å². The second-order valence-electron chi connectivity index (χ2n) is 7.21. The number of rotatable bonds is 3. The molecule has 4 rings (SSSR count). The number of carbonyl (C=O) groups excluding carboxylic acids is 1. The van der Waals surface area contributed by atoms with Gasteiger partial charge in [0, 0.05) is 31.3 Å². The molecule has 1 aliphatic rings. The fourth-order valence-electron chi connectivity index (χ4n) is 3.54. The Morgan fingerprint density at radius 3 is 2.61 bits per heavy atom. The lowest BCUT2D eigenvalue weighted by atomic mass is 9.86. The second kappa shape index (κ2) is 8.01. The van der Waals surface area contributed by atoms with Gasteiger partial charge in [0.1, 0.15) is 5.67 Å². The SMILES string of the molecule is O=C(Nc1n[nH]c2ccccc12)ON1CCC(F)(c2ccc(Cl)c(C(F)(F)F)c2)CC1. The number of carbonyl (C=O) groups is 1. The average Bonchev–Trinajstić information content (AvgIpc) is 3.12. The lowest BCUT2D eigenvalue weighted by molar-refractivity contribution is -0.138. The van der Waals surface area contributed by atoms with E-state index in [9.17, 15) is 18.0 Å². The Kier molecular flexibility index (Phi) is 5.52. The molecule has 2 N–H and O–H groups in total. The molecule has 0 bridgehead atoms. The van der Waals surface area contributed by atoms with Crippen LogP contribution < -0.4 is 5.32 Å². The zero-order chi connectivity index (χ0) is 22.2. The minimum Gasteiger partial charge on any atom is -0.351 e. The number of amides is 1. The molecule has 0 spiro atoms. The number of H-pyrrole nitrogens is 1. The largest absolute Gasteiger partial charge is 0.432 e. The number of nitrogens with one attached hydrogen (secondary N) is 2. The predicted molar refractivity (Wildman–Crippen MR) is 106 cm³/mol. The van der Waals surface area contributed by atoms with Gasteiger partial charge in [-0.3, -0.25) is 10.4 Å². The van der Waals surface area contributed by atoms with Gasteiger partial charge < -0.3 is 4.84 Å². The molecule has 11 heteroatoms. The second-order valence-corrected chi connectivity index (χ2v) is 7.62. The molecule has 164 valence electrons. The monoisotopic (exact) mass is 456 g/mol. The number of benzene rings is 2. The number of anilines is 1. The maximum Gasteiger partial charge on any atom is 0.432 e. The van der Waals surface area contributed by atoms with Crippen LogP contribution in [-0.2, 0) is 16.7 Å². The van der Waals surface area contributed by atoms with E-state index < -0.39 is 28.5 Å². The molecule has 31 heavy (non-hydrogen) atoms. The van der Waals surface area contributed by atoms with Gasteiger partial charge in [0.15, 0.2) is 5.82 Å². The molecule has 2 aromatic carbocycles. The van der Waals surface area contributed by atoms with E-state index in [1.807, 2.05) is 6.07 Å². The van der Waals surface area contributed by atoms with Crippen molar-refractivity contribution in [1.82, 2.24) is 15.3 Å². The van der Waals surface area contributed by atoms with Crippen molar-refractivity contribution in [1.29, 1.82) is 0 Å². The molecule has 0 saturated carbocycles. The highest BCUT2D eigenvalue weighted by atomic mass is 35.5. The summed E-state index contributed by atoms with van der Waals surface area (Å²) in [7, 11) is 0. The van der Waals surface area contributed by atoms with Gasteiger partial charge in [-0.25, -0.2) is 9.18 Å². The average molecular weight is 457 g/mol. The lowest BCUT2D eigenvalue weighted by Crippen LogP contribution is -2.42. The molecule has 0 aliphatic carbocycles. The summed E-state index contributed by atoms with van der Waals surface area (Å²) >= 11 is 5.62. The minimum atomic E-state index is -4.68. The zero-order valence-corrected chi connectivity index (χ0v) is 16.7. The number of aromatic nitrogens is 2. The molecule has 3 aromatic rings. The summed E-state index contributed by atoms with van der Waals surface area (Å²) in [6.45, 7) is 0.0183. The first-order chi connectivity index (χ1) is 14.7. The molecule has 6 nitrogen and oxygen atoms in total. The van der Waals surface area contributed by atoms with Gasteiger partial charge in [-0.15, -0.1) is 5.06 Å². The van der Waals surface area contributed by atoms with Crippen LogP contribution in [-0.4, -0.2) is 34.4 Å². The number of alkyl halides is 4. The number of para-hydroxylation sites is 1. The number of hydrogen-bond acceptors (Lipinski definition) is 4. The first-order valence-electron chi connectivity index (χ1n) is 9.39. The minimum absolute atomic E-state index is 0.00914. The molecule has 1 aromatic heterocycles. The molecule has 1 amide bonds. The molecule has 1 saturated heterocycles. The quantitative estimate of drug-likeness (QED) is 0.499. The summed E-state index contributed by atoms with van der Waals surface area (Å²) in [6.07, 6.45) is -5.77. The summed E-state index contributed by atoms with van der Waals surface area (Å²) in [4.78, 5) is 17.4. The van der Waals surface area contributed by atoms with Crippen LogP contribution in [0.4, 0.5) is 28.2 Å². The smallest absolute Gasteiger partial charge is 0.351 e. The van der Waals surface area contributed by atoms with Crippen LogP contribution >= 0.6 is 11.6 Å². The van der Waals surface area contributed by atoms with Crippen LogP contribution in [0, 0.1) is 0 Å². The van der Waals surface area contributed by atoms with Gasteiger partial charge in [0.25, 0.3) is 0 Å². The first-order valence-corrected chi connectivity index (χ1v) is 9.77. The Morgan fingerprint density at radius 2 is 1.90 bits per heavy atom. The summed E-state index contributed by atoms with van der Waals surface area (Å²) in [6, 6.07) is 10.2. The van der Waals surface area contributed by atoms with E-state index in [0.29, 0.717) is 11.2 Å². The van der Waals surface area contributed by atoms with Crippen molar-refractivity contribution in [2.24, 2.45) is 0 Å². The van der Waals surface area contributed by atoms with E-state index in [4.69, 9.17) is 16.4 Å². The zero-order valence-electron chi connectivity index (χ0n) is 16.0. The van der Waals surface area contributed by atoms with E-state index in [0.717, 1.165) is 17.6 Å². The van der Waals surface area contributed by atoms with Gasteiger partial charge in [0.2, 0.25) is 0 Å². The maximum absolute atomic E-state index is 15.4. The predicted octanol–water partition coefficient (Wildman–Crippen LogP) is 5.66. The van der Waals surface area contributed by atoms with E-state index in [1.165, 1.54) is 11.1 Å². The van der Waals surface area contributed by atoms with Crippen LogP contribution in [0.2, 0.25) is 5.02 Å². The van der Waals surface area contributed by atoms with Gasteiger partial charge in [0.05, 0.1) is 16.1 Å². The number of nitrogens with zero attached hydrogens (tertiary/aromatic N) is 2. The number of halogens is 5. The van der Waals surface area contributed by atoms with E-state index in [1.54, 1.807) is 18.2 Å². The Labute approximate surface area is 179 Å². The van der Waals surface area contributed by atoms with E-state index >= 15 is 4.39 Å². The number of fused-ring (bicyclic) bond motifs is 1. The van der Waals surface area contributed by atoms with Crippen molar-refractivity contribution in [2.75, 3.05) is 18.4 Å². The third kappa shape index (κ3) is 4.45. The molecule has 1 fully saturated rings. The molecular weight excluding hydrogens is 440 g/mol. The van der Waals surface area contributed by atoms with Crippen molar-refractivity contribution >= 4 is 34.4 Å². The number of aromatic amines is 1. The van der Waals surface area contributed by atoms with Gasteiger partial charge in [-0.1, -0.05) is 29.8 Å². The molecule has 0 atom stereocenters. The van der Waals surface area contributed by atoms with E-state index in [-0.39, 0.29) is 31.5 Å². The van der Waals surface area contributed by atoms with E-state index in [2.05, 4.69) is 15.5 Å². The van der Waals surface area contributed by atoms with Gasteiger partial charge >= 0.3 is 12.3 Å². The van der Waals surface area contributed by atoms with Gasteiger partial charge in [-0.2, -0.15) is 18.3 Å². The fraction of sp³-hybridized carbons (Fsp3) is 0.300.